The maximum absolute atomic E-state index is 11.5. The summed E-state index contributed by atoms with van der Waals surface area (Å²) in [6.07, 6.45) is 0.0152. The second kappa shape index (κ2) is 5.32. The van der Waals surface area contributed by atoms with Crippen LogP contribution in [0.1, 0.15) is 27.2 Å². The van der Waals surface area contributed by atoms with Gasteiger partial charge in [-0.3, -0.25) is 4.79 Å². The van der Waals surface area contributed by atoms with E-state index in [1.54, 1.807) is 7.05 Å². The first kappa shape index (κ1) is 15.6. The van der Waals surface area contributed by atoms with E-state index in [-0.39, 0.29) is 16.9 Å². The third-order valence-corrected chi connectivity index (χ3v) is 5.81. The molecule has 2 atom stereocenters. The van der Waals surface area contributed by atoms with Crippen molar-refractivity contribution >= 4 is 14.0 Å². The molecule has 0 heterocycles. The number of amides is 1. The smallest absolute Gasteiger partial charge is 0.219 e. The molecule has 2 N–H and O–H groups in total. The monoisotopic (exact) mass is 245 g/mol. The Kier molecular flexibility index (Phi) is 5.20. The van der Waals surface area contributed by atoms with Crippen molar-refractivity contribution in [2.75, 3.05) is 7.05 Å². The molecule has 0 aromatic heterocycles. The van der Waals surface area contributed by atoms with Crippen LogP contribution in [0.3, 0.4) is 0 Å². The molecule has 0 rings (SSSR count). The fraction of sp³-hybridized carbons (Fsp3) is 0.917. The molecule has 16 heavy (non-hydrogen) atoms. The van der Waals surface area contributed by atoms with Crippen molar-refractivity contribution < 1.29 is 9.90 Å². The first-order valence-electron chi connectivity index (χ1n) is 5.88. The van der Waals surface area contributed by atoms with Gasteiger partial charge in [0.2, 0.25) is 5.91 Å². The Morgan fingerprint density at radius 1 is 1.31 bits per heavy atom. The lowest BCUT2D eigenvalue weighted by molar-refractivity contribution is -0.121. The molecule has 0 fully saturated rings. The number of carbonyl (C=O) groups excluding carboxylic acids is 1. The van der Waals surface area contributed by atoms with Gasteiger partial charge >= 0.3 is 0 Å². The molecule has 0 saturated heterocycles. The minimum Gasteiger partial charge on any atom is -0.393 e. The average molecular weight is 245 g/mol. The van der Waals surface area contributed by atoms with Crippen molar-refractivity contribution in [2.45, 2.75) is 58.5 Å². The van der Waals surface area contributed by atoms with Crippen LogP contribution in [0.15, 0.2) is 0 Å². The summed E-state index contributed by atoms with van der Waals surface area (Å²) in [6, 6.07) is 0. The van der Waals surface area contributed by atoms with Crippen LogP contribution in [0, 0.1) is 5.41 Å². The molecule has 4 heteroatoms. The summed E-state index contributed by atoms with van der Waals surface area (Å²) in [7, 11) is 0.0965. The van der Waals surface area contributed by atoms with Crippen LogP contribution in [0.25, 0.3) is 0 Å². The van der Waals surface area contributed by atoms with Crippen molar-refractivity contribution in [1.29, 1.82) is 0 Å². The molecule has 1 amide bonds. The third-order valence-electron chi connectivity index (χ3n) is 3.06. The van der Waals surface area contributed by atoms with E-state index in [2.05, 4.69) is 25.0 Å². The molecule has 3 nitrogen and oxygen atoms in total. The summed E-state index contributed by atoms with van der Waals surface area (Å²) in [5.74, 6) is 0.0238. The van der Waals surface area contributed by atoms with E-state index in [4.69, 9.17) is 0 Å². The maximum Gasteiger partial charge on any atom is 0.219 e. The zero-order valence-electron chi connectivity index (χ0n) is 11.7. The van der Waals surface area contributed by atoms with Crippen molar-refractivity contribution in [3.8, 4) is 0 Å². The molecule has 0 aromatic carbocycles. The van der Waals surface area contributed by atoms with E-state index in [0.29, 0.717) is 6.42 Å². The Morgan fingerprint density at radius 2 is 1.75 bits per heavy atom. The van der Waals surface area contributed by atoms with Crippen LogP contribution in [0.5, 0.6) is 0 Å². The zero-order chi connectivity index (χ0) is 13.1. The van der Waals surface area contributed by atoms with Gasteiger partial charge in [-0.25, -0.2) is 0 Å². The number of aliphatic hydroxyl groups is 1. The first-order chi connectivity index (χ1) is 7.00. The highest BCUT2D eigenvalue weighted by atomic mass is 28.3. The van der Waals surface area contributed by atoms with E-state index < -0.39 is 14.2 Å². The Balaban J connectivity index is 4.89. The Morgan fingerprint density at radius 3 is 2.00 bits per heavy atom. The highest BCUT2D eigenvalue weighted by Crippen LogP contribution is 2.37. The third kappa shape index (κ3) is 4.66. The fourth-order valence-corrected chi connectivity index (χ4v) is 4.04. The van der Waals surface area contributed by atoms with Crippen LogP contribution in [-0.2, 0) is 4.79 Å². The molecule has 0 aliphatic rings. The number of aliphatic hydroxyl groups excluding tert-OH is 1. The van der Waals surface area contributed by atoms with Crippen LogP contribution in [0.4, 0.5) is 0 Å². The molecule has 0 aliphatic carbocycles. The molecule has 0 spiro atoms. The van der Waals surface area contributed by atoms with Crippen molar-refractivity contribution in [2.24, 2.45) is 5.41 Å². The maximum atomic E-state index is 11.5. The second-order valence-electron chi connectivity index (χ2n) is 6.66. The Labute approximate surface area is 101 Å². The van der Waals surface area contributed by atoms with Gasteiger partial charge in [0.05, 0.1) is 14.2 Å². The molecule has 96 valence electrons. The van der Waals surface area contributed by atoms with Gasteiger partial charge in [0, 0.05) is 13.5 Å². The van der Waals surface area contributed by atoms with Gasteiger partial charge in [-0.1, -0.05) is 40.4 Å². The number of nitrogens with one attached hydrogen (secondary N) is 1. The number of rotatable bonds is 4. The molecule has 0 radical (unpaired) electrons. The molecule has 0 bridgehead atoms. The lowest BCUT2D eigenvalue weighted by atomic mass is 9.86. The molecule has 0 aromatic rings. The van der Waals surface area contributed by atoms with Crippen LogP contribution < -0.4 is 5.32 Å². The molecule has 0 saturated carbocycles. The number of carbonyl (C=O) groups is 1. The van der Waals surface area contributed by atoms with Gasteiger partial charge in [-0.2, -0.15) is 0 Å². The van der Waals surface area contributed by atoms with E-state index in [1.165, 1.54) is 0 Å². The predicted octanol–water partition coefficient (Wildman–Crippen LogP) is 2.24. The standard InChI is InChI=1S/C12H27NO2Si/c1-12(2,3)11(15)9(16(5,6)7)8-10(14)13-4/h9,11,15H,8H2,1-7H3,(H,13,14). The lowest BCUT2D eigenvalue weighted by Crippen LogP contribution is -2.44. The van der Waals surface area contributed by atoms with E-state index in [1.807, 2.05) is 20.8 Å². The largest absolute Gasteiger partial charge is 0.393 e. The van der Waals surface area contributed by atoms with Crippen molar-refractivity contribution in [3.05, 3.63) is 0 Å². The van der Waals surface area contributed by atoms with Crippen molar-refractivity contribution in [1.82, 2.24) is 5.32 Å². The summed E-state index contributed by atoms with van der Waals surface area (Å²) in [5, 5.41) is 13.0. The minimum absolute atomic E-state index is 0.0238. The number of hydrogen-bond acceptors (Lipinski definition) is 2. The predicted molar refractivity (Wildman–Crippen MR) is 71.2 cm³/mol. The van der Waals surface area contributed by atoms with Crippen molar-refractivity contribution in [3.63, 3.8) is 0 Å². The minimum atomic E-state index is -1.55. The Bertz CT molecular complexity index is 240. The van der Waals surface area contributed by atoms with Crippen LogP contribution in [0.2, 0.25) is 25.2 Å². The van der Waals surface area contributed by atoms with Gasteiger partial charge in [0.25, 0.3) is 0 Å². The first-order valence-corrected chi connectivity index (χ1v) is 9.46. The van der Waals surface area contributed by atoms with Gasteiger partial charge in [-0.15, -0.1) is 0 Å². The normalized spacial score (nSPS) is 16.8. The highest BCUT2D eigenvalue weighted by molar-refractivity contribution is 6.77. The SMILES string of the molecule is CNC(=O)CC(C(O)C(C)(C)C)[Si](C)(C)C. The van der Waals surface area contributed by atoms with E-state index >= 15 is 0 Å². The summed E-state index contributed by atoms with van der Waals surface area (Å²) < 4.78 is 0. The quantitative estimate of drug-likeness (QED) is 0.746. The fourth-order valence-electron chi connectivity index (χ4n) is 1.80. The molecule has 2 unspecified atom stereocenters. The average Bonchev–Trinajstić information content (AvgIpc) is 2.09. The van der Waals surface area contributed by atoms with E-state index in [0.717, 1.165) is 0 Å². The van der Waals surface area contributed by atoms with E-state index in [9.17, 15) is 9.90 Å². The van der Waals surface area contributed by atoms with Crippen LogP contribution in [-0.4, -0.2) is 32.2 Å². The van der Waals surface area contributed by atoms with Gasteiger partial charge in [0.15, 0.2) is 0 Å². The van der Waals surface area contributed by atoms with Gasteiger partial charge < -0.3 is 10.4 Å². The molecule has 0 aliphatic heterocycles. The topological polar surface area (TPSA) is 49.3 Å². The summed E-state index contributed by atoms with van der Waals surface area (Å²) in [5.41, 5.74) is -0.0636. The second-order valence-corrected chi connectivity index (χ2v) is 12.1. The summed E-state index contributed by atoms with van der Waals surface area (Å²) >= 11 is 0. The van der Waals surface area contributed by atoms with Crippen LogP contribution >= 0.6 is 0 Å². The zero-order valence-corrected chi connectivity index (χ0v) is 12.7. The van der Waals surface area contributed by atoms with Gasteiger partial charge in [-0.05, 0) is 11.0 Å². The highest BCUT2D eigenvalue weighted by Gasteiger charge is 2.39. The lowest BCUT2D eigenvalue weighted by Gasteiger charge is -2.39. The molecular weight excluding hydrogens is 218 g/mol. The molecular formula is C12H27NO2Si. The van der Waals surface area contributed by atoms with Gasteiger partial charge in [0.1, 0.15) is 0 Å². The number of hydrogen-bond donors (Lipinski definition) is 2. The summed E-state index contributed by atoms with van der Waals surface area (Å²) in [6.45, 7) is 12.7. The summed E-state index contributed by atoms with van der Waals surface area (Å²) in [4.78, 5) is 11.5. The Hall–Kier alpha value is -0.353.